The fourth-order valence-corrected chi connectivity index (χ4v) is 3.10. The van der Waals surface area contributed by atoms with E-state index in [4.69, 9.17) is 5.11 Å². The van der Waals surface area contributed by atoms with Crippen LogP contribution in [0.15, 0.2) is 30.3 Å². The van der Waals surface area contributed by atoms with Crippen molar-refractivity contribution in [1.29, 1.82) is 0 Å². The lowest BCUT2D eigenvalue weighted by Crippen LogP contribution is -2.43. The minimum absolute atomic E-state index is 0.315. The van der Waals surface area contributed by atoms with E-state index in [1.807, 2.05) is 0 Å². The zero-order chi connectivity index (χ0) is 14.9. The third-order valence-corrected chi connectivity index (χ3v) is 4.65. The van der Waals surface area contributed by atoms with Gasteiger partial charge in [0.1, 0.15) is 0 Å². The monoisotopic (exact) mass is 290 g/mol. The predicted octanol–water partition coefficient (Wildman–Crippen LogP) is 2.65. The van der Waals surface area contributed by atoms with Gasteiger partial charge in [-0.05, 0) is 50.4 Å². The molecule has 1 aromatic rings. The van der Waals surface area contributed by atoms with E-state index in [0.29, 0.717) is 18.6 Å². The van der Waals surface area contributed by atoms with Crippen molar-refractivity contribution in [2.24, 2.45) is 5.92 Å². The maximum absolute atomic E-state index is 9.05. The molecule has 2 N–H and O–H groups in total. The van der Waals surface area contributed by atoms with Gasteiger partial charge in [-0.1, -0.05) is 43.7 Å². The second kappa shape index (κ2) is 9.19. The number of hydrogen-bond acceptors (Lipinski definition) is 3. The van der Waals surface area contributed by atoms with E-state index in [0.717, 1.165) is 25.9 Å². The van der Waals surface area contributed by atoms with Crippen LogP contribution in [0.4, 0.5) is 0 Å². The summed E-state index contributed by atoms with van der Waals surface area (Å²) >= 11 is 0. The van der Waals surface area contributed by atoms with Crippen molar-refractivity contribution >= 4 is 0 Å². The molecule has 0 saturated carbocycles. The van der Waals surface area contributed by atoms with E-state index in [2.05, 4.69) is 47.5 Å². The third kappa shape index (κ3) is 5.77. The summed E-state index contributed by atoms with van der Waals surface area (Å²) in [5.74, 6) is 0.623. The van der Waals surface area contributed by atoms with Gasteiger partial charge in [-0.2, -0.15) is 0 Å². The summed E-state index contributed by atoms with van der Waals surface area (Å²) in [7, 11) is 0. The number of aliphatic hydroxyl groups is 1. The Hall–Kier alpha value is -0.900. The lowest BCUT2D eigenvalue weighted by atomic mass is 10.00. The highest BCUT2D eigenvalue weighted by Crippen LogP contribution is 2.15. The maximum atomic E-state index is 9.05. The van der Waals surface area contributed by atoms with Gasteiger partial charge in [-0.3, -0.25) is 4.90 Å². The van der Waals surface area contributed by atoms with Gasteiger partial charge in [-0.15, -0.1) is 0 Å². The number of nitrogens with zero attached hydrogens (tertiary/aromatic N) is 1. The van der Waals surface area contributed by atoms with E-state index in [9.17, 15) is 0 Å². The number of aliphatic hydroxyl groups excluding tert-OH is 1. The zero-order valence-corrected chi connectivity index (χ0v) is 13.3. The Balaban J connectivity index is 1.66. The van der Waals surface area contributed by atoms with Crippen molar-refractivity contribution < 1.29 is 5.11 Å². The molecule has 1 heterocycles. The van der Waals surface area contributed by atoms with Crippen molar-refractivity contribution in [3.05, 3.63) is 35.9 Å². The summed E-state index contributed by atoms with van der Waals surface area (Å²) in [5.41, 5.74) is 1.41. The Morgan fingerprint density at radius 3 is 2.57 bits per heavy atom. The first kappa shape index (κ1) is 16.5. The van der Waals surface area contributed by atoms with Crippen LogP contribution in [0.5, 0.6) is 0 Å². The predicted molar refractivity (Wildman–Crippen MR) is 88.2 cm³/mol. The molecule has 1 aromatic carbocycles. The van der Waals surface area contributed by atoms with E-state index in [-0.39, 0.29) is 0 Å². The highest BCUT2D eigenvalue weighted by Gasteiger charge is 2.19. The largest absolute Gasteiger partial charge is 0.396 e. The van der Waals surface area contributed by atoms with Gasteiger partial charge in [0.05, 0.1) is 0 Å². The number of rotatable bonds is 8. The van der Waals surface area contributed by atoms with Crippen LogP contribution in [0.1, 0.15) is 38.2 Å². The van der Waals surface area contributed by atoms with Crippen LogP contribution in [-0.2, 0) is 6.54 Å². The number of hydrogen-bond donors (Lipinski definition) is 2. The second-order valence-corrected chi connectivity index (χ2v) is 6.23. The van der Waals surface area contributed by atoms with Crippen LogP contribution < -0.4 is 5.32 Å². The molecule has 1 fully saturated rings. The summed E-state index contributed by atoms with van der Waals surface area (Å²) in [6, 6.07) is 11.4. The van der Waals surface area contributed by atoms with Crippen molar-refractivity contribution in [1.82, 2.24) is 10.2 Å². The van der Waals surface area contributed by atoms with Gasteiger partial charge >= 0.3 is 0 Å². The Labute approximate surface area is 129 Å². The summed E-state index contributed by atoms with van der Waals surface area (Å²) in [6.07, 6.45) is 4.56. The third-order valence-electron chi connectivity index (χ3n) is 4.65. The standard InChI is InChI=1S/C18H30N2O/c1-2-16(10-13-21)14-19-18-8-11-20(12-9-18)15-17-6-4-3-5-7-17/h3-7,16,18-19,21H,2,8-15H2,1H3. The fourth-order valence-electron chi connectivity index (χ4n) is 3.10. The summed E-state index contributed by atoms with van der Waals surface area (Å²) in [4.78, 5) is 2.55. The number of piperidine rings is 1. The van der Waals surface area contributed by atoms with E-state index >= 15 is 0 Å². The minimum atomic E-state index is 0.315. The molecule has 0 bridgehead atoms. The molecule has 1 unspecified atom stereocenters. The molecule has 2 rings (SSSR count). The first-order valence-electron chi connectivity index (χ1n) is 8.42. The highest BCUT2D eigenvalue weighted by molar-refractivity contribution is 5.14. The first-order valence-corrected chi connectivity index (χ1v) is 8.42. The summed E-state index contributed by atoms with van der Waals surface area (Å²) in [5, 5.41) is 12.7. The molecule has 0 aromatic heterocycles. The van der Waals surface area contributed by atoms with E-state index in [1.54, 1.807) is 0 Å². The zero-order valence-electron chi connectivity index (χ0n) is 13.3. The molecule has 1 saturated heterocycles. The smallest absolute Gasteiger partial charge is 0.0434 e. The fraction of sp³-hybridized carbons (Fsp3) is 0.667. The van der Waals surface area contributed by atoms with Crippen LogP contribution in [0.25, 0.3) is 0 Å². The molecule has 1 atom stereocenters. The Bertz CT molecular complexity index is 374. The lowest BCUT2D eigenvalue weighted by molar-refractivity contribution is 0.183. The molecule has 1 aliphatic heterocycles. The van der Waals surface area contributed by atoms with Crippen molar-refractivity contribution in [2.75, 3.05) is 26.2 Å². The molecule has 3 nitrogen and oxygen atoms in total. The number of benzene rings is 1. The molecular weight excluding hydrogens is 260 g/mol. The van der Waals surface area contributed by atoms with Gasteiger partial charge < -0.3 is 10.4 Å². The highest BCUT2D eigenvalue weighted by atomic mass is 16.3. The number of likely N-dealkylation sites (tertiary alicyclic amines) is 1. The normalized spacial score (nSPS) is 18.8. The molecule has 118 valence electrons. The average Bonchev–Trinajstić information content (AvgIpc) is 2.54. The molecule has 0 radical (unpaired) electrons. The molecule has 0 aliphatic carbocycles. The van der Waals surface area contributed by atoms with Gasteiger partial charge in [-0.25, -0.2) is 0 Å². The first-order chi connectivity index (χ1) is 10.3. The Morgan fingerprint density at radius 1 is 1.24 bits per heavy atom. The van der Waals surface area contributed by atoms with Crippen LogP contribution in [0.3, 0.4) is 0 Å². The second-order valence-electron chi connectivity index (χ2n) is 6.23. The Kier molecular flexibility index (Phi) is 7.20. The van der Waals surface area contributed by atoms with Crippen LogP contribution >= 0.6 is 0 Å². The molecule has 0 amide bonds. The van der Waals surface area contributed by atoms with Crippen LogP contribution in [0, 0.1) is 5.92 Å². The minimum Gasteiger partial charge on any atom is -0.396 e. The molecule has 3 heteroatoms. The van der Waals surface area contributed by atoms with Gasteiger partial charge in [0.15, 0.2) is 0 Å². The van der Waals surface area contributed by atoms with Crippen molar-refractivity contribution in [3.8, 4) is 0 Å². The van der Waals surface area contributed by atoms with Crippen molar-refractivity contribution in [2.45, 2.75) is 45.2 Å². The SMILES string of the molecule is CCC(CCO)CNC1CCN(Cc2ccccc2)CC1. The lowest BCUT2D eigenvalue weighted by Gasteiger charge is -2.33. The van der Waals surface area contributed by atoms with Crippen LogP contribution in [-0.4, -0.2) is 42.3 Å². The van der Waals surface area contributed by atoms with E-state index < -0.39 is 0 Å². The summed E-state index contributed by atoms with van der Waals surface area (Å²) in [6.45, 7) is 7.03. The molecule has 1 aliphatic rings. The Morgan fingerprint density at radius 2 is 1.95 bits per heavy atom. The number of nitrogens with one attached hydrogen (secondary N) is 1. The maximum Gasteiger partial charge on any atom is 0.0434 e. The average molecular weight is 290 g/mol. The topological polar surface area (TPSA) is 35.5 Å². The van der Waals surface area contributed by atoms with Gasteiger partial charge in [0.25, 0.3) is 0 Å². The van der Waals surface area contributed by atoms with Crippen LogP contribution in [0.2, 0.25) is 0 Å². The summed E-state index contributed by atoms with van der Waals surface area (Å²) < 4.78 is 0. The molecule has 0 spiro atoms. The van der Waals surface area contributed by atoms with Crippen molar-refractivity contribution in [3.63, 3.8) is 0 Å². The quantitative estimate of drug-likeness (QED) is 0.772. The van der Waals surface area contributed by atoms with Gasteiger partial charge in [0, 0.05) is 19.2 Å². The van der Waals surface area contributed by atoms with Gasteiger partial charge in [0.2, 0.25) is 0 Å². The van der Waals surface area contributed by atoms with E-state index in [1.165, 1.54) is 31.5 Å². The molecular formula is C18H30N2O. The molecule has 21 heavy (non-hydrogen) atoms.